The number of H-pyrrole nitrogens is 1. The van der Waals surface area contributed by atoms with Crippen LogP contribution in [0.25, 0.3) is 10.8 Å². The zero-order valence-electron chi connectivity index (χ0n) is 14.2. The molecule has 1 amide bonds. The SMILES string of the molecule is N#Cc1cc2c([nH]c1=O)CCN(C(=O)Cc1cccc3ccccc13)C2. The van der Waals surface area contributed by atoms with Gasteiger partial charge in [-0.15, -0.1) is 0 Å². The Kier molecular flexibility index (Phi) is 4.02. The molecule has 2 heterocycles. The highest BCUT2D eigenvalue weighted by Crippen LogP contribution is 2.21. The number of aromatic amines is 1. The van der Waals surface area contributed by atoms with Crippen molar-refractivity contribution in [2.24, 2.45) is 0 Å². The number of benzene rings is 2. The Morgan fingerprint density at radius 3 is 2.85 bits per heavy atom. The van der Waals surface area contributed by atoms with Crippen LogP contribution >= 0.6 is 0 Å². The van der Waals surface area contributed by atoms with Gasteiger partial charge in [0.25, 0.3) is 5.56 Å². The van der Waals surface area contributed by atoms with Gasteiger partial charge in [-0.3, -0.25) is 9.59 Å². The fourth-order valence-electron chi connectivity index (χ4n) is 3.52. The lowest BCUT2D eigenvalue weighted by molar-refractivity contribution is -0.131. The van der Waals surface area contributed by atoms with Crippen LogP contribution in [0.1, 0.15) is 22.4 Å². The summed E-state index contributed by atoms with van der Waals surface area (Å²) in [6.45, 7) is 0.989. The largest absolute Gasteiger partial charge is 0.338 e. The summed E-state index contributed by atoms with van der Waals surface area (Å²) < 4.78 is 0. The molecule has 128 valence electrons. The molecule has 26 heavy (non-hydrogen) atoms. The Hall–Kier alpha value is -3.39. The van der Waals surface area contributed by atoms with Crippen LogP contribution in [0, 0.1) is 11.3 Å². The van der Waals surface area contributed by atoms with E-state index < -0.39 is 0 Å². The molecule has 0 radical (unpaired) electrons. The molecule has 0 saturated heterocycles. The number of aromatic nitrogens is 1. The van der Waals surface area contributed by atoms with Crippen LogP contribution in [0.4, 0.5) is 0 Å². The highest BCUT2D eigenvalue weighted by Gasteiger charge is 2.22. The van der Waals surface area contributed by atoms with Crippen molar-refractivity contribution in [3.8, 4) is 6.07 Å². The molecule has 0 saturated carbocycles. The van der Waals surface area contributed by atoms with Crippen molar-refractivity contribution in [1.82, 2.24) is 9.88 Å². The van der Waals surface area contributed by atoms with Crippen molar-refractivity contribution in [2.75, 3.05) is 6.54 Å². The zero-order chi connectivity index (χ0) is 18.1. The summed E-state index contributed by atoms with van der Waals surface area (Å²) in [5.74, 6) is 0.0525. The number of hydrogen-bond acceptors (Lipinski definition) is 3. The average Bonchev–Trinajstić information content (AvgIpc) is 2.67. The number of nitrogens with zero attached hydrogens (tertiary/aromatic N) is 2. The predicted octanol–water partition coefficient (Wildman–Crippen LogP) is 2.53. The van der Waals surface area contributed by atoms with Gasteiger partial charge in [-0.1, -0.05) is 42.5 Å². The molecule has 5 heteroatoms. The van der Waals surface area contributed by atoms with Gasteiger partial charge >= 0.3 is 0 Å². The molecule has 0 unspecified atom stereocenters. The minimum atomic E-state index is -0.359. The van der Waals surface area contributed by atoms with E-state index in [-0.39, 0.29) is 17.0 Å². The minimum Gasteiger partial charge on any atom is -0.338 e. The van der Waals surface area contributed by atoms with Gasteiger partial charge in [0.1, 0.15) is 11.6 Å². The third-order valence-corrected chi connectivity index (χ3v) is 4.90. The first kappa shape index (κ1) is 16.1. The summed E-state index contributed by atoms with van der Waals surface area (Å²) >= 11 is 0. The van der Waals surface area contributed by atoms with Crippen LogP contribution in [0.15, 0.2) is 53.3 Å². The highest BCUT2D eigenvalue weighted by atomic mass is 16.2. The lowest BCUT2D eigenvalue weighted by Crippen LogP contribution is -2.38. The van der Waals surface area contributed by atoms with Crippen molar-refractivity contribution in [2.45, 2.75) is 19.4 Å². The van der Waals surface area contributed by atoms with Crippen molar-refractivity contribution < 1.29 is 4.79 Å². The van der Waals surface area contributed by atoms with Crippen molar-refractivity contribution in [3.05, 3.63) is 81.3 Å². The predicted molar refractivity (Wildman–Crippen MR) is 98.6 cm³/mol. The van der Waals surface area contributed by atoms with Crippen LogP contribution in [-0.4, -0.2) is 22.3 Å². The van der Waals surface area contributed by atoms with Gasteiger partial charge in [0.15, 0.2) is 0 Å². The molecule has 1 aliphatic heterocycles. The smallest absolute Gasteiger partial charge is 0.266 e. The number of carbonyl (C=O) groups excluding carboxylic acids is 1. The molecular weight excluding hydrogens is 326 g/mol. The van der Waals surface area contributed by atoms with E-state index >= 15 is 0 Å². The lowest BCUT2D eigenvalue weighted by atomic mass is 10.00. The zero-order valence-corrected chi connectivity index (χ0v) is 14.2. The first-order valence-electron chi connectivity index (χ1n) is 8.55. The Bertz CT molecular complexity index is 1100. The number of amides is 1. The van der Waals surface area contributed by atoms with Gasteiger partial charge in [-0.2, -0.15) is 5.26 Å². The third-order valence-electron chi connectivity index (χ3n) is 4.90. The molecule has 5 nitrogen and oxygen atoms in total. The van der Waals surface area contributed by atoms with Gasteiger partial charge in [0, 0.05) is 25.2 Å². The van der Waals surface area contributed by atoms with E-state index in [1.54, 1.807) is 11.0 Å². The molecule has 0 atom stereocenters. The molecule has 0 aliphatic carbocycles. The van der Waals surface area contributed by atoms with E-state index in [2.05, 4.69) is 4.98 Å². The number of rotatable bonds is 2. The molecule has 4 rings (SSSR count). The Morgan fingerprint density at radius 1 is 1.19 bits per heavy atom. The number of nitrogens with one attached hydrogen (secondary N) is 1. The van der Waals surface area contributed by atoms with Gasteiger partial charge in [-0.25, -0.2) is 0 Å². The Morgan fingerprint density at radius 2 is 2.00 bits per heavy atom. The monoisotopic (exact) mass is 343 g/mol. The summed E-state index contributed by atoms with van der Waals surface area (Å²) in [4.78, 5) is 29.1. The summed E-state index contributed by atoms with van der Waals surface area (Å²) in [6, 6.07) is 17.6. The Balaban J connectivity index is 1.58. The van der Waals surface area contributed by atoms with E-state index in [1.807, 2.05) is 48.5 Å². The maximum absolute atomic E-state index is 12.8. The van der Waals surface area contributed by atoms with Crippen molar-refractivity contribution >= 4 is 16.7 Å². The highest BCUT2D eigenvalue weighted by molar-refractivity contribution is 5.90. The second-order valence-corrected chi connectivity index (χ2v) is 6.51. The van der Waals surface area contributed by atoms with E-state index in [0.717, 1.165) is 27.6 Å². The van der Waals surface area contributed by atoms with Crippen molar-refractivity contribution in [3.63, 3.8) is 0 Å². The molecule has 3 aromatic rings. The minimum absolute atomic E-state index is 0.0525. The molecule has 0 spiro atoms. The summed E-state index contributed by atoms with van der Waals surface area (Å²) in [5.41, 5.74) is 2.41. The first-order valence-corrected chi connectivity index (χ1v) is 8.55. The van der Waals surface area contributed by atoms with E-state index in [9.17, 15) is 9.59 Å². The molecule has 0 fully saturated rings. The van der Waals surface area contributed by atoms with Gasteiger partial charge < -0.3 is 9.88 Å². The lowest BCUT2D eigenvalue weighted by Gasteiger charge is -2.29. The second kappa shape index (κ2) is 6.49. The number of nitriles is 1. The fourth-order valence-corrected chi connectivity index (χ4v) is 3.52. The van der Waals surface area contributed by atoms with Crippen LogP contribution in [0.3, 0.4) is 0 Å². The number of fused-ring (bicyclic) bond motifs is 2. The van der Waals surface area contributed by atoms with Crippen molar-refractivity contribution in [1.29, 1.82) is 5.26 Å². The maximum atomic E-state index is 12.8. The fraction of sp³-hybridized carbons (Fsp3) is 0.190. The van der Waals surface area contributed by atoms with Gasteiger partial charge in [-0.05, 0) is 28.0 Å². The number of carbonyl (C=O) groups is 1. The molecule has 0 bridgehead atoms. The quantitative estimate of drug-likeness (QED) is 0.777. The van der Waals surface area contributed by atoms with E-state index in [0.29, 0.717) is 25.9 Å². The maximum Gasteiger partial charge on any atom is 0.266 e. The molecule has 2 aromatic carbocycles. The number of hydrogen-bond donors (Lipinski definition) is 1. The number of pyridine rings is 1. The Labute approximate surface area is 150 Å². The summed E-state index contributed by atoms with van der Waals surface area (Å²) in [6.07, 6.45) is 0.933. The molecule has 1 N–H and O–H groups in total. The van der Waals surface area contributed by atoms with Crippen LogP contribution in [0.2, 0.25) is 0 Å². The van der Waals surface area contributed by atoms with E-state index in [4.69, 9.17) is 5.26 Å². The van der Waals surface area contributed by atoms with Gasteiger partial charge in [0.2, 0.25) is 5.91 Å². The van der Waals surface area contributed by atoms with Crippen LogP contribution in [0.5, 0.6) is 0 Å². The van der Waals surface area contributed by atoms with E-state index in [1.165, 1.54) is 0 Å². The molecular formula is C21H17N3O2. The van der Waals surface area contributed by atoms with Crippen LogP contribution < -0.4 is 5.56 Å². The normalized spacial score (nSPS) is 13.3. The third kappa shape index (κ3) is 2.86. The van der Waals surface area contributed by atoms with Gasteiger partial charge in [0.05, 0.1) is 6.42 Å². The topological polar surface area (TPSA) is 77.0 Å². The second-order valence-electron chi connectivity index (χ2n) is 6.51. The standard InChI is InChI=1S/C21H17N3O2/c22-12-16-10-17-13-24(9-8-19(17)23-21(16)26)20(25)11-15-6-3-5-14-4-1-2-7-18(14)15/h1-7,10H,8-9,11,13H2,(H,23,26). The first-order chi connectivity index (χ1) is 12.7. The summed E-state index contributed by atoms with van der Waals surface area (Å²) in [5, 5.41) is 11.3. The van der Waals surface area contributed by atoms with Crippen LogP contribution in [-0.2, 0) is 24.2 Å². The average molecular weight is 343 g/mol. The molecule has 1 aliphatic rings. The molecule has 1 aromatic heterocycles. The summed E-state index contributed by atoms with van der Waals surface area (Å²) in [7, 11) is 0.